The number of carbonyl (C=O) groups is 1. The molecule has 0 aliphatic rings. The molecular weight excluding hydrogens is 340 g/mol. The van der Waals surface area contributed by atoms with E-state index in [-0.39, 0.29) is 0 Å². The third kappa shape index (κ3) is 3.17. The SMILES string of the molecule is COc1ccc(-c2ccc(-c3cc4ccc(C=O)cc4o3)cc2)cc1OC. The van der Waals surface area contributed by atoms with Crippen LogP contribution in [0, 0.1) is 0 Å². The molecule has 0 saturated heterocycles. The predicted octanol–water partition coefficient (Wildman–Crippen LogP) is 5.60. The third-order valence-corrected chi connectivity index (χ3v) is 4.57. The lowest BCUT2D eigenvalue weighted by Crippen LogP contribution is -1.90. The van der Waals surface area contributed by atoms with Crippen molar-refractivity contribution in [3.63, 3.8) is 0 Å². The molecule has 0 aliphatic carbocycles. The number of furan rings is 1. The molecular formula is C23H18O4. The number of ether oxygens (including phenoxy) is 2. The quantitative estimate of drug-likeness (QED) is 0.436. The largest absolute Gasteiger partial charge is 0.493 e. The fourth-order valence-corrected chi connectivity index (χ4v) is 3.11. The van der Waals surface area contributed by atoms with Gasteiger partial charge < -0.3 is 13.9 Å². The van der Waals surface area contributed by atoms with Crippen molar-refractivity contribution >= 4 is 17.3 Å². The lowest BCUT2D eigenvalue weighted by Gasteiger charge is -2.10. The lowest BCUT2D eigenvalue weighted by atomic mass is 10.0. The summed E-state index contributed by atoms with van der Waals surface area (Å²) in [5.41, 5.74) is 4.40. The van der Waals surface area contributed by atoms with Crippen molar-refractivity contribution < 1.29 is 18.7 Å². The first kappa shape index (κ1) is 16.9. The van der Waals surface area contributed by atoms with Crippen LogP contribution in [0.3, 0.4) is 0 Å². The predicted molar refractivity (Wildman–Crippen MR) is 106 cm³/mol. The summed E-state index contributed by atoms with van der Waals surface area (Å²) in [7, 11) is 3.25. The van der Waals surface area contributed by atoms with Crippen molar-refractivity contribution in [1.82, 2.24) is 0 Å². The van der Waals surface area contributed by atoms with Gasteiger partial charge in [-0.2, -0.15) is 0 Å². The van der Waals surface area contributed by atoms with E-state index in [0.717, 1.165) is 34.1 Å². The molecule has 0 fully saturated rings. The Labute approximate surface area is 157 Å². The van der Waals surface area contributed by atoms with Crippen molar-refractivity contribution in [3.8, 4) is 33.9 Å². The van der Waals surface area contributed by atoms with Gasteiger partial charge in [0.25, 0.3) is 0 Å². The number of benzene rings is 3. The smallest absolute Gasteiger partial charge is 0.161 e. The number of carbonyl (C=O) groups excluding carboxylic acids is 1. The Morgan fingerprint density at radius 1 is 0.741 bits per heavy atom. The first-order valence-electron chi connectivity index (χ1n) is 8.53. The van der Waals surface area contributed by atoms with Gasteiger partial charge in [0.2, 0.25) is 0 Å². The molecule has 0 N–H and O–H groups in total. The van der Waals surface area contributed by atoms with E-state index in [9.17, 15) is 4.79 Å². The van der Waals surface area contributed by atoms with Gasteiger partial charge in [0.05, 0.1) is 14.2 Å². The molecule has 3 aromatic carbocycles. The van der Waals surface area contributed by atoms with Crippen molar-refractivity contribution in [2.75, 3.05) is 14.2 Å². The van der Waals surface area contributed by atoms with E-state index >= 15 is 0 Å². The highest BCUT2D eigenvalue weighted by Gasteiger charge is 2.09. The van der Waals surface area contributed by atoms with E-state index in [1.165, 1.54) is 0 Å². The van der Waals surface area contributed by atoms with Crippen molar-refractivity contribution in [2.45, 2.75) is 0 Å². The van der Waals surface area contributed by atoms with Crippen molar-refractivity contribution in [2.24, 2.45) is 0 Å². The van der Waals surface area contributed by atoms with Gasteiger partial charge in [-0.1, -0.05) is 42.5 Å². The fraction of sp³-hybridized carbons (Fsp3) is 0.0870. The molecule has 0 spiro atoms. The Kier molecular flexibility index (Phi) is 4.38. The van der Waals surface area contributed by atoms with E-state index in [4.69, 9.17) is 13.9 Å². The van der Waals surface area contributed by atoms with Crippen LogP contribution in [-0.2, 0) is 0 Å². The summed E-state index contributed by atoms with van der Waals surface area (Å²) in [5.74, 6) is 2.17. The second-order valence-electron chi connectivity index (χ2n) is 6.17. The molecule has 0 saturated carbocycles. The molecule has 4 heteroatoms. The number of fused-ring (bicyclic) bond motifs is 1. The van der Waals surface area contributed by atoms with Gasteiger partial charge >= 0.3 is 0 Å². The fourth-order valence-electron chi connectivity index (χ4n) is 3.11. The molecule has 4 aromatic rings. The van der Waals surface area contributed by atoms with E-state index in [1.807, 2.05) is 54.6 Å². The molecule has 0 amide bonds. The molecule has 0 unspecified atom stereocenters. The summed E-state index contributed by atoms with van der Waals surface area (Å²) in [6.45, 7) is 0. The average molecular weight is 358 g/mol. The van der Waals surface area contributed by atoms with Crippen LogP contribution in [0.4, 0.5) is 0 Å². The summed E-state index contributed by atoms with van der Waals surface area (Å²) >= 11 is 0. The van der Waals surface area contributed by atoms with Crippen LogP contribution < -0.4 is 9.47 Å². The van der Waals surface area contributed by atoms with Gasteiger partial charge in [0.15, 0.2) is 11.5 Å². The topological polar surface area (TPSA) is 48.7 Å². The lowest BCUT2D eigenvalue weighted by molar-refractivity contribution is 0.112. The van der Waals surface area contributed by atoms with Gasteiger partial charge in [-0.05, 0) is 35.4 Å². The number of aldehydes is 1. The second kappa shape index (κ2) is 7.00. The van der Waals surface area contributed by atoms with Gasteiger partial charge in [-0.15, -0.1) is 0 Å². The Hall–Kier alpha value is -3.53. The maximum atomic E-state index is 10.9. The molecule has 0 aliphatic heterocycles. The van der Waals surface area contributed by atoms with E-state index in [1.54, 1.807) is 26.4 Å². The normalized spacial score (nSPS) is 10.7. The molecule has 0 bridgehead atoms. The third-order valence-electron chi connectivity index (χ3n) is 4.57. The minimum absolute atomic E-state index is 0.604. The molecule has 27 heavy (non-hydrogen) atoms. The van der Waals surface area contributed by atoms with E-state index in [2.05, 4.69) is 0 Å². The Morgan fingerprint density at radius 2 is 1.44 bits per heavy atom. The van der Waals surface area contributed by atoms with Crippen LogP contribution in [0.1, 0.15) is 10.4 Å². The summed E-state index contributed by atoms with van der Waals surface area (Å²) in [6, 6.07) is 21.4. The highest BCUT2D eigenvalue weighted by atomic mass is 16.5. The summed E-state index contributed by atoms with van der Waals surface area (Å²) in [6.07, 6.45) is 0.819. The second-order valence-corrected chi connectivity index (χ2v) is 6.17. The molecule has 4 rings (SSSR count). The molecule has 4 nitrogen and oxygen atoms in total. The maximum absolute atomic E-state index is 10.9. The summed E-state index contributed by atoms with van der Waals surface area (Å²) in [4.78, 5) is 10.9. The molecule has 0 radical (unpaired) electrons. The van der Waals surface area contributed by atoms with Gasteiger partial charge in [0.1, 0.15) is 17.6 Å². The minimum atomic E-state index is 0.604. The van der Waals surface area contributed by atoms with E-state index < -0.39 is 0 Å². The van der Waals surface area contributed by atoms with Crippen LogP contribution in [0.5, 0.6) is 11.5 Å². The number of rotatable bonds is 5. The first-order valence-corrected chi connectivity index (χ1v) is 8.53. The molecule has 0 atom stereocenters. The van der Waals surface area contributed by atoms with Crippen molar-refractivity contribution in [3.05, 3.63) is 72.3 Å². The van der Waals surface area contributed by atoms with Crippen LogP contribution in [0.15, 0.2) is 71.1 Å². The van der Waals surface area contributed by atoms with Crippen LogP contribution >= 0.6 is 0 Å². The number of hydrogen-bond acceptors (Lipinski definition) is 4. The highest BCUT2D eigenvalue weighted by Crippen LogP contribution is 2.34. The van der Waals surface area contributed by atoms with Gasteiger partial charge in [-0.3, -0.25) is 4.79 Å². The Balaban J connectivity index is 1.67. The zero-order valence-electron chi connectivity index (χ0n) is 15.1. The Bertz CT molecular complexity index is 1110. The number of methoxy groups -OCH3 is 2. The van der Waals surface area contributed by atoms with Gasteiger partial charge in [-0.25, -0.2) is 0 Å². The standard InChI is InChI=1S/C23H18O4/c1-25-20-10-9-18(12-23(20)26-2)16-5-7-17(8-6-16)22-13-19-4-3-15(14-24)11-21(19)27-22/h3-14H,1-2H3. The zero-order chi connectivity index (χ0) is 18.8. The van der Waals surface area contributed by atoms with Crippen LogP contribution in [0.2, 0.25) is 0 Å². The molecule has 134 valence electrons. The van der Waals surface area contributed by atoms with Crippen molar-refractivity contribution in [1.29, 1.82) is 0 Å². The molecule has 1 heterocycles. The molecule has 1 aromatic heterocycles. The monoisotopic (exact) mass is 358 g/mol. The van der Waals surface area contributed by atoms with Crippen LogP contribution in [-0.4, -0.2) is 20.5 Å². The van der Waals surface area contributed by atoms with Gasteiger partial charge in [0, 0.05) is 16.5 Å². The minimum Gasteiger partial charge on any atom is -0.493 e. The highest BCUT2D eigenvalue weighted by molar-refractivity contribution is 5.88. The van der Waals surface area contributed by atoms with E-state index in [0.29, 0.717) is 22.6 Å². The van der Waals surface area contributed by atoms with Crippen LogP contribution in [0.25, 0.3) is 33.4 Å². The Morgan fingerprint density at radius 3 is 2.15 bits per heavy atom. The first-order chi connectivity index (χ1) is 13.2. The average Bonchev–Trinajstić information content (AvgIpc) is 3.16. The maximum Gasteiger partial charge on any atom is 0.161 e. The summed E-state index contributed by atoms with van der Waals surface area (Å²) < 4.78 is 16.6. The zero-order valence-corrected chi connectivity index (χ0v) is 15.1. The summed E-state index contributed by atoms with van der Waals surface area (Å²) in [5, 5.41) is 0.972. The number of hydrogen-bond donors (Lipinski definition) is 0.